The number of hydrogen-bond acceptors (Lipinski definition) is 6. The molecule has 20 heavy (non-hydrogen) atoms. The summed E-state index contributed by atoms with van der Waals surface area (Å²) in [6, 6.07) is 7.45. The molecule has 0 aliphatic rings. The number of ether oxygens (including phenoxy) is 1. The second-order valence-corrected chi connectivity index (χ2v) is 4.99. The van der Waals surface area contributed by atoms with Gasteiger partial charge in [0.05, 0.1) is 7.11 Å². The molecule has 0 fully saturated rings. The molecular weight excluding hydrogens is 278 g/mol. The number of anilines is 1. The zero-order valence-corrected chi connectivity index (χ0v) is 11.6. The number of carbonyl (C=O) groups is 1. The van der Waals surface area contributed by atoms with Crippen LogP contribution in [0.1, 0.15) is 6.92 Å². The fourth-order valence-electron chi connectivity index (χ4n) is 1.74. The summed E-state index contributed by atoms with van der Waals surface area (Å²) in [5.41, 5.74) is 0.873. The Hall–Kier alpha value is -2.48. The Morgan fingerprint density at radius 1 is 1.30 bits per heavy atom. The number of benzene rings is 1. The summed E-state index contributed by atoms with van der Waals surface area (Å²) in [6.45, 7) is 1.44. The van der Waals surface area contributed by atoms with Gasteiger partial charge in [-0.25, -0.2) is 0 Å². The third-order valence-corrected chi connectivity index (χ3v) is 3.44. The lowest BCUT2D eigenvalue weighted by atomic mass is 10.2. The number of nitrogens with zero attached hydrogens (tertiary/aromatic N) is 4. The SMILES string of the molecule is COc1ccc(-c2nnc3sc(NC(C)=O)nn23)cc1. The molecule has 0 aliphatic carbocycles. The molecule has 0 atom stereocenters. The molecule has 0 spiro atoms. The van der Waals surface area contributed by atoms with E-state index in [-0.39, 0.29) is 5.91 Å². The number of rotatable bonds is 3. The van der Waals surface area contributed by atoms with E-state index < -0.39 is 0 Å². The lowest BCUT2D eigenvalue weighted by Gasteiger charge is -2.00. The van der Waals surface area contributed by atoms with E-state index in [1.165, 1.54) is 18.3 Å². The van der Waals surface area contributed by atoms with Crippen molar-refractivity contribution in [3.63, 3.8) is 0 Å². The van der Waals surface area contributed by atoms with Gasteiger partial charge in [-0.3, -0.25) is 4.79 Å². The van der Waals surface area contributed by atoms with Crippen LogP contribution in [0.25, 0.3) is 16.3 Å². The van der Waals surface area contributed by atoms with E-state index in [1.807, 2.05) is 24.3 Å². The van der Waals surface area contributed by atoms with Crippen LogP contribution in [0.4, 0.5) is 5.13 Å². The van der Waals surface area contributed by atoms with Crippen LogP contribution in [0, 0.1) is 0 Å². The van der Waals surface area contributed by atoms with E-state index in [4.69, 9.17) is 4.74 Å². The molecule has 2 aromatic heterocycles. The number of hydrogen-bond donors (Lipinski definition) is 1. The molecule has 8 heteroatoms. The molecule has 0 unspecified atom stereocenters. The molecule has 3 aromatic rings. The zero-order chi connectivity index (χ0) is 14.1. The monoisotopic (exact) mass is 289 g/mol. The molecule has 3 rings (SSSR count). The highest BCUT2D eigenvalue weighted by molar-refractivity contribution is 7.20. The van der Waals surface area contributed by atoms with E-state index in [1.54, 1.807) is 11.6 Å². The summed E-state index contributed by atoms with van der Waals surface area (Å²) in [4.78, 5) is 11.7. The minimum Gasteiger partial charge on any atom is -0.497 e. The first-order chi connectivity index (χ1) is 9.67. The second-order valence-electron chi connectivity index (χ2n) is 4.03. The molecule has 1 aromatic carbocycles. The second kappa shape index (κ2) is 4.89. The van der Waals surface area contributed by atoms with Crippen molar-refractivity contribution in [1.29, 1.82) is 0 Å². The van der Waals surface area contributed by atoms with Crippen LogP contribution in [-0.4, -0.2) is 32.8 Å². The fourth-order valence-corrected chi connectivity index (χ4v) is 2.52. The predicted octanol–water partition coefficient (Wildman–Crippen LogP) is 1.82. The Morgan fingerprint density at radius 2 is 2.05 bits per heavy atom. The number of fused-ring (bicyclic) bond motifs is 1. The molecule has 2 heterocycles. The van der Waals surface area contributed by atoms with Gasteiger partial charge in [0.2, 0.25) is 16.0 Å². The molecule has 0 saturated heterocycles. The van der Waals surface area contributed by atoms with Crippen molar-refractivity contribution >= 4 is 27.3 Å². The first-order valence-corrected chi connectivity index (χ1v) is 6.63. The van der Waals surface area contributed by atoms with Crippen LogP contribution in [0.5, 0.6) is 5.75 Å². The first kappa shape index (κ1) is 12.5. The van der Waals surface area contributed by atoms with Crippen molar-refractivity contribution in [2.24, 2.45) is 0 Å². The average molecular weight is 289 g/mol. The Kier molecular flexibility index (Phi) is 3.07. The molecule has 0 saturated carbocycles. The predicted molar refractivity (Wildman–Crippen MR) is 75.0 cm³/mol. The van der Waals surface area contributed by atoms with Gasteiger partial charge in [0, 0.05) is 12.5 Å². The van der Waals surface area contributed by atoms with E-state index in [9.17, 15) is 4.79 Å². The van der Waals surface area contributed by atoms with Gasteiger partial charge in [-0.1, -0.05) is 11.3 Å². The molecule has 7 nitrogen and oxygen atoms in total. The molecule has 0 bridgehead atoms. The Labute approximate surface area is 118 Å². The average Bonchev–Trinajstić information content (AvgIpc) is 2.98. The van der Waals surface area contributed by atoms with Gasteiger partial charge in [-0.05, 0) is 24.3 Å². The van der Waals surface area contributed by atoms with E-state index in [2.05, 4.69) is 20.6 Å². The highest BCUT2D eigenvalue weighted by Crippen LogP contribution is 2.25. The maximum absolute atomic E-state index is 11.0. The number of carbonyl (C=O) groups excluding carboxylic acids is 1. The zero-order valence-electron chi connectivity index (χ0n) is 10.8. The van der Waals surface area contributed by atoms with Gasteiger partial charge in [0.25, 0.3) is 0 Å². The van der Waals surface area contributed by atoms with Gasteiger partial charge in [-0.2, -0.15) is 4.52 Å². The van der Waals surface area contributed by atoms with Crippen LogP contribution in [0.2, 0.25) is 0 Å². The van der Waals surface area contributed by atoms with Gasteiger partial charge >= 0.3 is 0 Å². The van der Waals surface area contributed by atoms with E-state index >= 15 is 0 Å². The normalized spacial score (nSPS) is 10.7. The summed E-state index contributed by atoms with van der Waals surface area (Å²) in [6.07, 6.45) is 0. The Morgan fingerprint density at radius 3 is 2.70 bits per heavy atom. The summed E-state index contributed by atoms with van der Waals surface area (Å²) in [5.74, 6) is 1.23. The van der Waals surface area contributed by atoms with Crippen molar-refractivity contribution in [2.45, 2.75) is 6.92 Å². The highest BCUT2D eigenvalue weighted by Gasteiger charge is 2.13. The third-order valence-electron chi connectivity index (χ3n) is 2.62. The molecule has 0 aliphatic heterocycles. The molecule has 0 radical (unpaired) electrons. The standard InChI is InChI=1S/C12H11N5O2S/c1-7(18)13-11-16-17-10(14-15-12(17)20-11)8-3-5-9(19-2)6-4-8/h3-6H,1-2H3,(H,13,16,18). The summed E-state index contributed by atoms with van der Waals surface area (Å²) < 4.78 is 6.73. The van der Waals surface area contributed by atoms with Gasteiger partial charge in [-0.15, -0.1) is 15.3 Å². The van der Waals surface area contributed by atoms with Crippen LogP contribution in [-0.2, 0) is 4.79 Å². The van der Waals surface area contributed by atoms with Crippen molar-refractivity contribution in [2.75, 3.05) is 12.4 Å². The van der Waals surface area contributed by atoms with E-state index in [0.717, 1.165) is 11.3 Å². The maximum Gasteiger partial charge on any atom is 0.236 e. The van der Waals surface area contributed by atoms with Crippen LogP contribution in [0.3, 0.4) is 0 Å². The molecule has 102 valence electrons. The number of amides is 1. The van der Waals surface area contributed by atoms with Gasteiger partial charge in [0.1, 0.15) is 5.75 Å². The lowest BCUT2D eigenvalue weighted by molar-refractivity contribution is -0.114. The fraction of sp³-hybridized carbons (Fsp3) is 0.167. The highest BCUT2D eigenvalue weighted by atomic mass is 32.1. The van der Waals surface area contributed by atoms with E-state index in [0.29, 0.717) is 15.9 Å². The number of nitrogens with one attached hydrogen (secondary N) is 1. The Balaban J connectivity index is 2.01. The van der Waals surface area contributed by atoms with Crippen molar-refractivity contribution in [1.82, 2.24) is 19.8 Å². The number of methoxy groups -OCH3 is 1. The summed E-state index contributed by atoms with van der Waals surface area (Å²) in [7, 11) is 1.62. The van der Waals surface area contributed by atoms with Crippen LogP contribution < -0.4 is 10.1 Å². The molecule has 1 N–H and O–H groups in total. The van der Waals surface area contributed by atoms with Crippen molar-refractivity contribution in [3.05, 3.63) is 24.3 Å². The van der Waals surface area contributed by atoms with Crippen molar-refractivity contribution in [3.8, 4) is 17.1 Å². The maximum atomic E-state index is 11.0. The van der Waals surface area contributed by atoms with Crippen molar-refractivity contribution < 1.29 is 9.53 Å². The van der Waals surface area contributed by atoms with Gasteiger partial charge < -0.3 is 10.1 Å². The third kappa shape index (κ3) is 2.21. The largest absolute Gasteiger partial charge is 0.497 e. The minimum absolute atomic E-state index is 0.166. The first-order valence-electron chi connectivity index (χ1n) is 5.81. The molecular formula is C12H11N5O2S. The topological polar surface area (TPSA) is 81.4 Å². The summed E-state index contributed by atoms with van der Waals surface area (Å²) in [5, 5.41) is 15.6. The summed E-state index contributed by atoms with van der Waals surface area (Å²) >= 11 is 1.27. The van der Waals surface area contributed by atoms with Crippen LogP contribution in [0.15, 0.2) is 24.3 Å². The van der Waals surface area contributed by atoms with Crippen LogP contribution >= 0.6 is 11.3 Å². The minimum atomic E-state index is -0.166. The lowest BCUT2D eigenvalue weighted by Crippen LogP contribution is -2.05. The van der Waals surface area contributed by atoms with Gasteiger partial charge in [0.15, 0.2) is 5.82 Å². The quantitative estimate of drug-likeness (QED) is 0.795. The molecule has 1 amide bonds. The smallest absolute Gasteiger partial charge is 0.236 e. The number of aromatic nitrogens is 4. The Bertz CT molecular complexity index is 762.